The Kier molecular flexibility index (Phi) is 2.08. The van der Waals surface area contributed by atoms with Gasteiger partial charge < -0.3 is 5.73 Å². The van der Waals surface area contributed by atoms with Crippen LogP contribution >= 0.6 is 0 Å². The predicted octanol–water partition coefficient (Wildman–Crippen LogP) is 3.36. The number of hydrogen-bond donors (Lipinski definition) is 1. The van der Waals surface area contributed by atoms with Gasteiger partial charge >= 0.3 is 0 Å². The lowest BCUT2D eigenvalue weighted by Crippen LogP contribution is -1.88. The highest BCUT2D eigenvalue weighted by atomic mass is 19.3. The lowest BCUT2D eigenvalue weighted by atomic mass is 10.0. The zero-order valence-electron chi connectivity index (χ0n) is 7.37. The fraction of sp³-hybridized carbons (Fsp3) is 0.0909. The number of nitrogens with two attached hydrogens (primary N) is 1. The normalized spacial score (nSPS) is 11.1. The molecule has 0 fully saturated rings. The Balaban J connectivity index is 2.75. The second-order valence-electron chi connectivity index (χ2n) is 3.13. The maximum Gasteiger partial charge on any atom is 0.264 e. The Hall–Kier alpha value is -1.64. The molecule has 0 aliphatic carbocycles. The van der Waals surface area contributed by atoms with Crippen LogP contribution in [0.3, 0.4) is 0 Å². The quantitative estimate of drug-likeness (QED) is 0.690. The lowest BCUT2D eigenvalue weighted by molar-refractivity contribution is 0.153. The molecule has 0 aliphatic rings. The van der Waals surface area contributed by atoms with Crippen molar-refractivity contribution in [3.05, 3.63) is 42.0 Å². The van der Waals surface area contributed by atoms with Gasteiger partial charge in [-0.3, -0.25) is 0 Å². The van der Waals surface area contributed by atoms with E-state index >= 15 is 0 Å². The highest BCUT2D eigenvalue weighted by molar-refractivity contribution is 5.88. The van der Waals surface area contributed by atoms with Crippen molar-refractivity contribution >= 4 is 16.5 Å². The first kappa shape index (κ1) is 8.94. The Morgan fingerprint density at radius 2 is 1.86 bits per heavy atom. The minimum absolute atomic E-state index is 0.0579. The molecular formula is C11H9F2N. The summed E-state index contributed by atoms with van der Waals surface area (Å²) in [5, 5.41) is 1.32. The van der Waals surface area contributed by atoms with Crippen LogP contribution in [0, 0.1) is 0 Å². The van der Waals surface area contributed by atoms with Gasteiger partial charge in [-0.1, -0.05) is 24.3 Å². The van der Waals surface area contributed by atoms with E-state index in [0.29, 0.717) is 11.1 Å². The predicted molar refractivity (Wildman–Crippen MR) is 53.3 cm³/mol. The fourth-order valence-corrected chi connectivity index (χ4v) is 1.52. The van der Waals surface area contributed by atoms with Gasteiger partial charge in [-0.15, -0.1) is 0 Å². The zero-order valence-corrected chi connectivity index (χ0v) is 7.37. The van der Waals surface area contributed by atoms with Gasteiger partial charge in [0.25, 0.3) is 6.43 Å². The summed E-state index contributed by atoms with van der Waals surface area (Å²) in [5.74, 6) is 0. The van der Waals surface area contributed by atoms with E-state index in [-0.39, 0.29) is 5.56 Å². The van der Waals surface area contributed by atoms with Crippen LogP contribution in [0.15, 0.2) is 36.4 Å². The van der Waals surface area contributed by atoms with Crippen molar-refractivity contribution in [3.63, 3.8) is 0 Å². The van der Waals surface area contributed by atoms with E-state index in [1.165, 1.54) is 6.07 Å². The first-order chi connectivity index (χ1) is 6.68. The second kappa shape index (κ2) is 3.25. The van der Waals surface area contributed by atoms with Crippen LogP contribution in [-0.2, 0) is 0 Å². The summed E-state index contributed by atoms with van der Waals surface area (Å²) in [6.07, 6.45) is -2.44. The Labute approximate surface area is 80.1 Å². The number of rotatable bonds is 1. The number of alkyl halides is 2. The van der Waals surface area contributed by atoms with Gasteiger partial charge in [-0.25, -0.2) is 8.78 Å². The third-order valence-electron chi connectivity index (χ3n) is 2.17. The molecule has 0 aromatic heterocycles. The number of fused-ring (bicyclic) bond motifs is 1. The Morgan fingerprint density at radius 3 is 2.57 bits per heavy atom. The third-order valence-corrected chi connectivity index (χ3v) is 2.17. The summed E-state index contributed by atoms with van der Waals surface area (Å²) in [6, 6.07) is 9.78. The van der Waals surface area contributed by atoms with Gasteiger partial charge in [-0.2, -0.15) is 0 Å². The molecule has 0 heterocycles. The van der Waals surface area contributed by atoms with Crippen LogP contribution in [0.4, 0.5) is 14.5 Å². The average Bonchev–Trinajstić information content (AvgIpc) is 2.16. The third kappa shape index (κ3) is 1.41. The van der Waals surface area contributed by atoms with Crippen molar-refractivity contribution in [3.8, 4) is 0 Å². The van der Waals surface area contributed by atoms with Gasteiger partial charge in [0.2, 0.25) is 0 Å². The molecule has 2 aromatic carbocycles. The summed E-state index contributed by atoms with van der Waals surface area (Å²) in [7, 11) is 0. The molecule has 0 aliphatic heterocycles. The highest BCUT2D eigenvalue weighted by Gasteiger charge is 2.10. The Bertz CT molecular complexity index is 466. The van der Waals surface area contributed by atoms with Crippen molar-refractivity contribution in [2.45, 2.75) is 6.43 Å². The van der Waals surface area contributed by atoms with E-state index in [9.17, 15) is 8.78 Å². The summed E-state index contributed by atoms with van der Waals surface area (Å²) < 4.78 is 25.1. The van der Waals surface area contributed by atoms with Crippen LogP contribution in [0.25, 0.3) is 10.8 Å². The molecule has 0 amide bonds. The molecule has 0 saturated heterocycles. The van der Waals surface area contributed by atoms with Gasteiger partial charge in [0.05, 0.1) is 0 Å². The van der Waals surface area contributed by atoms with Gasteiger partial charge in [0.1, 0.15) is 0 Å². The summed E-state index contributed by atoms with van der Waals surface area (Å²) in [5.41, 5.74) is 6.21. The second-order valence-corrected chi connectivity index (χ2v) is 3.13. The van der Waals surface area contributed by atoms with Crippen LogP contribution in [-0.4, -0.2) is 0 Å². The van der Waals surface area contributed by atoms with Crippen molar-refractivity contribution in [1.29, 1.82) is 0 Å². The molecule has 1 nitrogen and oxygen atoms in total. The number of benzene rings is 2. The lowest BCUT2D eigenvalue weighted by Gasteiger charge is -2.05. The zero-order chi connectivity index (χ0) is 10.1. The molecule has 72 valence electrons. The largest absolute Gasteiger partial charge is 0.399 e. The molecule has 14 heavy (non-hydrogen) atoms. The summed E-state index contributed by atoms with van der Waals surface area (Å²) >= 11 is 0. The number of nitrogen functional groups attached to an aromatic ring is 1. The van der Waals surface area contributed by atoms with Crippen LogP contribution in [0.2, 0.25) is 0 Å². The minimum atomic E-state index is -2.44. The number of halogens is 2. The molecule has 0 spiro atoms. The molecule has 2 N–H and O–H groups in total. The number of anilines is 1. The Morgan fingerprint density at radius 1 is 1.07 bits per heavy atom. The van der Waals surface area contributed by atoms with Gasteiger partial charge in [0.15, 0.2) is 0 Å². The summed E-state index contributed by atoms with van der Waals surface area (Å²) in [4.78, 5) is 0. The van der Waals surface area contributed by atoms with Crippen molar-refractivity contribution < 1.29 is 8.78 Å². The smallest absolute Gasteiger partial charge is 0.264 e. The SMILES string of the molecule is Nc1ccc2c(C(F)F)cccc2c1. The fourth-order valence-electron chi connectivity index (χ4n) is 1.52. The molecular weight excluding hydrogens is 184 g/mol. The van der Waals surface area contributed by atoms with Crippen molar-refractivity contribution in [2.75, 3.05) is 5.73 Å². The average molecular weight is 193 g/mol. The van der Waals surface area contributed by atoms with E-state index < -0.39 is 6.43 Å². The highest BCUT2D eigenvalue weighted by Crippen LogP contribution is 2.28. The molecule has 0 unspecified atom stereocenters. The molecule has 0 saturated carbocycles. The van der Waals surface area contributed by atoms with Crippen molar-refractivity contribution in [2.24, 2.45) is 0 Å². The van der Waals surface area contributed by atoms with E-state index in [4.69, 9.17) is 5.73 Å². The minimum Gasteiger partial charge on any atom is -0.399 e. The van der Waals surface area contributed by atoms with E-state index in [1.807, 2.05) is 0 Å². The van der Waals surface area contributed by atoms with Gasteiger partial charge in [-0.05, 0) is 22.9 Å². The standard InChI is InChI=1S/C11H9F2N/c12-11(13)10-3-1-2-7-6-8(14)4-5-9(7)10/h1-6,11H,14H2. The molecule has 2 aromatic rings. The first-order valence-electron chi connectivity index (χ1n) is 4.25. The molecule has 0 atom stereocenters. The van der Waals surface area contributed by atoms with E-state index in [2.05, 4.69) is 0 Å². The van der Waals surface area contributed by atoms with Crippen molar-refractivity contribution in [1.82, 2.24) is 0 Å². The molecule has 0 bridgehead atoms. The topological polar surface area (TPSA) is 26.0 Å². The number of hydrogen-bond acceptors (Lipinski definition) is 1. The van der Waals surface area contributed by atoms with E-state index in [1.54, 1.807) is 30.3 Å². The maximum absolute atomic E-state index is 12.6. The monoisotopic (exact) mass is 193 g/mol. The van der Waals surface area contributed by atoms with Crippen LogP contribution in [0.1, 0.15) is 12.0 Å². The van der Waals surface area contributed by atoms with E-state index in [0.717, 1.165) is 5.39 Å². The maximum atomic E-state index is 12.6. The van der Waals surface area contributed by atoms with Crippen LogP contribution < -0.4 is 5.73 Å². The van der Waals surface area contributed by atoms with Crippen LogP contribution in [0.5, 0.6) is 0 Å². The van der Waals surface area contributed by atoms with Gasteiger partial charge in [0, 0.05) is 11.3 Å². The molecule has 3 heteroatoms. The molecule has 0 radical (unpaired) electrons. The summed E-state index contributed by atoms with van der Waals surface area (Å²) in [6.45, 7) is 0. The molecule has 2 rings (SSSR count). The first-order valence-corrected chi connectivity index (χ1v) is 4.25.